The number of primary amides is 1. The zero-order valence-corrected chi connectivity index (χ0v) is 16.8. The summed E-state index contributed by atoms with van der Waals surface area (Å²) in [6.07, 6.45) is 1.22. The maximum Gasteiger partial charge on any atom is 0.255 e. The fraction of sp³-hybridized carbons (Fsp3) is 0.400. The van der Waals surface area contributed by atoms with Crippen LogP contribution in [0.15, 0.2) is 28.9 Å². The lowest BCUT2D eigenvalue weighted by molar-refractivity contribution is -0.145. The van der Waals surface area contributed by atoms with Gasteiger partial charge in [0.25, 0.3) is 5.91 Å². The molecular weight excluding hydrogens is 408 g/mol. The van der Waals surface area contributed by atoms with Crippen molar-refractivity contribution in [3.05, 3.63) is 40.0 Å². The number of aliphatic hydroxyl groups is 3. The molecule has 4 atom stereocenters. The zero-order chi connectivity index (χ0) is 23.0. The summed E-state index contributed by atoms with van der Waals surface area (Å²) in [6.45, 7) is 0. The first-order chi connectivity index (χ1) is 14.4. The van der Waals surface area contributed by atoms with Crippen molar-refractivity contribution in [3.63, 3.8) is 0 Å². The molecule has 0 saturated carbocycles. The van der Waals surface area contributed by atoms with Gasteiger partial charge in [-0.1, -0.05) is 0 Å². The number of amides is 1. The van der Waals surface area contributed by atoms with Crippen LogP contribution in [0.1, 0.15) is 22.3 Å². The summed E-state index contributed by atoms with van der Waals surface area (Å²) in [5.74, 6) is -6.95. The van der Waals surface area contributed by atoms with Gasteiger partial charge in [0.1, 0.15) is 28.7 Å². The molecule has 164 valence electrons. The van der Waals surface area contributed by atoms with Crippen LogP contribution in [0.3, 0.4) is 0 Å². The van der Waals surface area contributed by atoms with Gasteiger partial charge in [-0.15, -0.1) is 0 Å². The average molecular weight is 430 g/mol. The number of carbonyl (C=O) groups excluding carboxylic acids is 3. The number of rotatable bonds is 2. The van der Waals surface area contributed by atoms with E-state index in [1.54, 1.807) is 19.0 Å². The number of aromatic hydroxyl groups is 1. The van der Waals surface area contributed by atoms with Crippen molar-refractivity contribution in [1.29, 1.82) is 0 Å². The van der Waals surface area contributed by atoms with E-state index in [1.807, 2.05) is 0 Å². The molecule has 3 aliphatic carbocycles. The molecule has 0 aliphatic heterocycles. The van der Waals surface area contributed by atoms with Gasteiger partial charge in [0.15, 0.2) is 11.4 Å². The topological polar surface area (TPSA) is 200 Å². The van der Waals surface area contributed by atoms with Gasteiger partial charge in [0, 0.05) is 31.1 Å². The number of hydrogen-bond donors (Lipinski definition) is 6. The second-order valence-electron chi connectivity index (χ2n) is 8.30. The summed E-state index contributed by atoms with van der Waals surface area (Å²) in [4.78, 5) is 43.8. The molecule has 11 heteroatoms. The van der Waals surface area contributed by atoms with E-state index in [2.05, 4.69) is 4.98 Å². The van der Waals surface area contributed by atoms with Gasteiger partial charge in [0.2, 0.25) is 5.78 Å². The van der Waals surface area contributed by atoms with Crippen LogP contribution in [0.5, 0.6) is 5.75 Å². The van der Waals surface area contributed by atoms with Crippen LogP contribution in [-0.2, 0) is 16.0 Å². The van der Waals surface area contributed by atoms with Gasteiger partial charge in [-0.3, -0.25) is 14.4 Å². The van der Waals surface area contributed by atoms with Crippen LogP contribution in [0.4, 0.5) is 5.82 Å². The Balaban J connectivity index is 1.95. The SMILES string of the molecule is CN(C)c1ncc(O)c2c1C[C@H]1C[C@H]3[C@H](N)C(O)=C(C(N)=O)C(=O)[C@@]3(O)C(O)=C1C2=O. The molecule has 11 nitrogen and oxygen atoms in total. The Kier molecular flexibility index (Phi) is 4.38. The largest absolute Gasteiger partial charge is 0.510 e. The van der Waals surface area contributed by atoms with Gasteiger partial charge in [-0.25, -0.2) is 4.98 Å². The number of Topliss-reactive ketones (excluding diaryl/α,β-unsaturated/α-hetero) is 2. The highest BCUT2D eigenvalue weighted by molar-refractivity contribution is 6.24. The molecule has 0 aromatic carbocycles. The van der Waals surface area contributed by atoms with E-state index in [0.29, 0.717) is 11.4 Å². The Morgan fingerprint density at radius 3 is 2.48 bits per heavy atom. The molecule has 0 fully saturated rings. The highest BCUT2D eigenvalue weighted by atomic mass is 16.3. The first kappa shape index (κ1) is 20.8. The first-order valence-electron chi connectivity index (χ1n) is 9.54. The summed E-state index contributed by atoms with van der Waals surface area (Å²) in [5, 5.41) is 42.8. The summed E-state index contributed by atoms with van der Waals surface area (Å²) < 4.78 is 0. The van der Waals surface area contributed by atoms with Crippen LogP contribution in [0.2, 0.25) is 0 Å². The molecule has 31 heavy (non-hydrogen) atoms. The number of nitrogens with zero attached hydrogens (tertiary/aromatic N) is 2. The molecule has 1 amide bonds. The lowest BCUT2D eigenvalue weighted by atomic mass is 9.59. The third-order valence-corrected chi connectivity index (χ3v) is 6.41. The number of anilines is 1. The number of nitrogens with two attached hydrogens (primary N) is 2. The lowest BCUT2D eigenvalue weighted by Gasteiger charge is -2.47. The van der Waals surface area contributed by atoms with Gasteiger partial charge in [-0.05, 0) is 18.8 Å². The minimum absolute atomic E-state index is 0.0490. The Bertz CT molecular complexity index is 1120. The van der Waals surface area contributed by atoms with E-state index in [1.165, 1.54) is 0 Å². The van der Waals surface area contributed by atoms with E-state index in [9.17, 15) is 34.8 Å². The maximum absolute atomic E-state index is 13.3. The van der Waals surface area contributed by atoms with Crippen LogP contribution in [-0.4, -0.2) is 68.6 Å². The number of fused-ring (bicyclic) bond motifs is 3. The fourth-order valence-corrected chi connectivity index (χ4v) is 4.98. The lowest BCUT2D eigenvalue weighted by Crippen LogP contribution is -2.63. The van der Waals surface area contributed by atoms with Gasteiger partial charge >= 0.3 is 0 Å². The predicted molar refractivity (Wildman–Crippen MR) is 106 cm³/mol. The third-order valence-electron chi connectivity index (χ3n) is 6.41. The first-order valence-corrected chi connectivity index (χ1v) is 9.54. The molecule has 4 rings (SSSR count). The molecule has 1 heterocycles. The summed E-state index contributed by atoms with van der Waals surface area (Å²) in [6, 6.07) is -1.37. The van der Waals surface area contributed by atoms with Gasteiger partial charge in [-0.2, -0.15) is 0 Å². The number of aliphatic hydroxyl groups excluding tert-OH is 2. The van der Waals surface area contributed by atoms with E-state index in [0.717, 1.165) is 6.20 Å². The predicted octanol–water partition coefficient (Wildman–Crippen LogP) is -1.02. The maximum atomic E-state index is 13.3. The molecule has 1 aromatic rings. The second kappa shape index (κ2) is 6.53. The molecule has 3 aliphatic rings. The standard InChI is InChI=1S/C20H22N4O7/c1-24(2)19-7-3-6-4-8-13(21)15(27)12(18(22)30)17(29)20(8,31)16(28)10(6)14(26)11(7)9(25)5-23-19/h5-6,8,13,25,27-28,31H,3-4,21H2,1-2H3,(H2,22,30)/t6-,8-,13-,20-/m0/s1. The molecule has 0 radical (unpaired) electrons. The van der Waals surface area contributed by atoms with Crippen molar-refractivity contribution in [2.24, 2.45) is 23.3 Å². The monoisotopic (exact) mass is 430 g/mol. The van der Waals surface area contributed by atoms with Crippen molar-refractivity contribution < 1.29 is 34.8 Å². The van der Waals surface area contributed by atoms with Crippen LogP contribution in [0, 0.1) is 11.8 Å². The van der Waals surface area contributed by atoms with Crippen molar-refractivity contribution in [2.45, 2.75) is 24.5 Å². The van der Waals surface area contributed by atoms with Crippen molar-refractivity contribution >= 4 is 23.3 Å². The van der Waals surface area contributed by atoms with Crippen molar-refractivity contribution in [3.8, 4) is 5.75 Å². The molecule has 0 unspecified atom stereocenters. The number of aromatic nitrogens is 1. The van der Waals surface area contributed by atoms with Crippen LogP contribution in [0.25, 0.3) is 0 Å². The molecule has 0 saturated heterocycles. The van der Waals surface area contributed by atoms with E-state index in [4.69, 9.17) is 11.5 Å². The second-order valence-corrected chi connectivity index (χ2v) is 8.30. The van der Waals surface area contributed by atoms with Crippen molar-refractivity contribution in [1.82, 2.24) is 4.98 Å². The number of ketones is 2. The zero-order valence-electron chi connectivity index (χ0n) is 16.8. The number of pyridine rings is 1. The summed E-state index contributed by atoms with van der Waals surface area (Å²) in [7, 11) is 3.44. The highest BCUT2D eigenvalue weighted by Crippen LogP contribution is 2.51. The Hall–Kier alpha value is -3.44. The third kappa shape index (κ3) is 2.53. The fourth-order valence-electron chi connectivity index (χ4n) is 4.98. The Morgan fingerprint density at radius 1 is 1.26 bits per heavy atom. The summed E-state index contributed by atoms with van der Waals surface area (Å²) >= 11 is 0. The molecular formula is C20H22N4O7. The molecule has 0 spiro atoms. The number of allylic oxidation sites excluding steroid dienone is 1. The Morgan fingerprint density at radius 2 is 1.90 bits per heavy atom. The van der Waals surface area contributed by atoms with E-state index in [-0.39, 0.29) is 24.0 Å². The van der Waals surface area contributed by atoms with Gasteiger partial charge in [0.05, 0.1) is 17.8 Å². The Labute approximate surface area is 176 Å². The smallest absolute Gasteiger partial charge is 0.255 e. The van der Waals surface area contributed by atoms with E-state index >= 15 is 0 Å². The summed E-state index contributed by atoms with van der Waals surface area (Å²) in [5.41, 5.74) is 7.69. The van der Waals surface area contributed by atoms with E-state index < -0.39 is 63.8 Å². The number of carbonyl (C=O) groups is 3. The van der Waals surface area contributed by atoms with Crippen molar-refractivity contribution in [2.75, 3.05) is 19.0 Å². The van der Waals surface area contributed by atoms with Crippen LogP contribution >= 0.6 is 0 Å². The molecule has 0 bridgehead atoms. The normalized spacial score (nSPS) is 30.0. The number of hydrogen-bond acceptors (Lipinski definition) is 10. The highest BCUT2D eigenvalue weighted by Gasteiger charge is 2.62. The minimum atomic E-state index is -2.71. The van der Waals surface area contributed by atoms with Crippen LogP contribution < -0.4 is 16.4 Å². The average Bonchev–Trinajstić information content (AvgIpc) is 2.68. The molecule has 8 N–H and O–H groups in total. The van der Waals surface area contributed by atoms with Gasteiger partial charge < -0.3 is 36.8 Å². The quantitative estimate of drug-likeness (QED) is 0.315. The molecule has 1 aromatic heterocycles. The minimum Gasteiger partial charge on any atom is -0.510 e.